The molecule has 0 saturated heterocycles. The number of thioether (sulfide) groups is 1. The average molecular weight is 427 g/mol. The summed E-state index contributed by atoms with van der Waals surface area (Å²) in [4.78, 5) is 12.2. The largest absolute Gasteiger partial charge is 0.497 e. The van der Waals surface area contributed by atoms with E-state index in [1.54, 1.807) is 32.6 Å². The van der Waals surface area contributed by atoms with Crippen LogP contribution >= 0.6 is 11.8 Å². The van der Waals surface area contributed by atoms with E-state index in [4.69, 9.17) is 15.3 Å². The molecule has 0 aliphatic heterocycles. The van der Waals surface area contributed by atoms with Crippen LogP contribution in [0.2, 0.25) is 0 Å². The number of carbonyl (C=O) groups is 1. The maximum Gasteiger partial charge on any atom is 0.264 e. The minimum absolute atomic E-state index is 0.0977. The lowest BCUT2D eigenvalue weighted by molar-refractivity contribution is -0.113. The highest BCUT2D eigenvalue weighted by atomic mass is 32.2. The third-order valence-corrected chi connectivity index (χ3v) is 4.79. The van der Waals surface area contributed by atoms with E-state index in [-0.39, 0.29) is 17.6 Å². The minimum Gasteiger partial charge on any atom is -0.497 e. The number of anilines is 2. The predicted octanol–water partition coefficient (Wildman–Crippen LogP) is 2.19. The first-order valence-corrected chi connectivity index (χ1v) is 9.78. The van der Waals surface area contributed by atoms with Crippen LogP contribution in [0.5, 0.6) is 11.5 Å². The summed E-state index contributed by atoms with van der Waals surface area (Å²) < 4.78 is 11.6. The molecule has 2 aromatic carbocycles. The highest BCUT2D eigenvalue weighted by Gasteiger charge is 2.13. The number of aromatic nitrogens is 3. The van der Waals surface area contributed by atoms with Gasteiger partial charge >= 0.3 is 0 Å². The first-order valence-electron chi connectivity index (χ1n) is 8.80. The molecule has 0 bridgehead atoms. The number of nitrogens with one attached hydrogen (secondary N) is 2. The van der Waals surface area contributed by atoms with Crippen molar-refractivity contribution in [2.24, 2.45) is 5.10 Å². The van der Waals surface area contributed by atoms with Gasteiger partial charge in [0, 0.05) is 0 Å². The van der Waals surface area contributed by atoms with E-state index in [2.05, 4.69) is 26.0 Å². The molecule has 0 unspecified atom stereocenters. The number of nitrogens with zero attached hydrogens (tertiary/aromatic N) is 4. The molecule has 3 rings (SSSR count). The van der Waals surface area contributed by atoms with Crippen molar-refractivity contribution >= 4 is 35.5 Å². The van der Waals surface area contributed by atoms with Crippen LogP contribution in [0, 0.1) is 0 Å². The van der Waals surface area contributed by atoms with Crippen molar-refractivity contribution in [3.8, 4) is 11.5 Å². The number of hydrazone groups is 1. The molecular weight excluding hydrogens is 406 g/mol. The van der Waals surface area contributed by atoms with Crippen LogP contribution in [0.15, 0.2) is 58.8 Å². The number of nitrogens with two attached hydrogens (primary N) is 1. The van der Waals surface area contributed by atoms with Gasteiger partial charge in [0.2, 0.25) is 11.1 Å². The Bertz CT molecular complexity index is 1040. The van der Waals surface area contributed by atoms with E-state index in [0.717, 1.165) is 23.1 Å². The zero-order chi connectivity index (χ0) is 21.3. The topological polar surface area (TPSA) is 129 Å². The molecule has 1 aromatic heterocycles. The van der Waals surface area contributed by atoms with Gasteiger partial charge in [-0.05, 0) is 29.8 Å². The smallest absolute Gasteiger partial charge is 0.264 e. The molecule has 4 N–H and O–H groups in total. The average Bonchev–Trinajstić information content (AvgIpc) is 3.12. The Hall–Kier alpha value is -3.73. The summed E-state index contributed by atoms with van der Waals surface area (Å²) >= 11 is 1.15. The van der Waals surface area contributed by atoms with Gasteiger partial charge in [0.15, 0.2) is 0 Å². The van der Waals surface area contributed by atoms with Crippen molar-refractivity contribution in [2.75, 3.05) is 36.6 Å². The standard InChI is InChI=1S/C19H21N7O3S/c1-28-14-7-5-6-13(10-14)11-21-23-18-24-25-19(26(18)20)30-12-17(27)22-15-8-3-4-9-16(15)29-2/h3-11H,12,20H2,1-2H3,(H,22,27)(H,23,24)/b21-11+. The Morgan fingerprint density at radius 2 is 2.03 bits per heavy atom. The van der Waals surface area contributed by atoms with Crippen LogP contribution in [-0.2, 0) is 4.79 Å². The van der Waals surface area contributed by atoms with E-state index in [1.807, 2.05) is 36.4 Å². The van der Waals surface area contributed by atoms with Crippen molar-refractivity contribution < 1.29 is 14.3 Å². The van der Waals surface area contributed by atoms with Crippen molar-refractivity contribution in [3.05, 3.63) is 54.1 Å². The molecule has 0 spiro atoms. The monoisotopic (exact) mass is 427 g/mol. The number of hydrogen-bond donors (Lipinski definition) is 3. The molecule has 0 radical (unpaired) electrons. The molecule has 3 aromatic rings. The van der Waals surface area contributed by atoms with Crippen molar-refractivity contribution in [2.45, 2.75) is 5.16 Å². The lowest BCUT2D eigenvalue weighted by Gasteiger charge is -2.09. The van der Waals surface area contributed by atoms with Crippen LogP contribution in [0.25, 0.3) is 0 Å². The fourth-order valence-corrected chi connectivity index (χ4v) is 3.06. The Morgan fingerprint density at radius 1 is 1.20 bits per heavy atom. The molecule has 30 heavy (non-hydrogen) atoms. The number of para-hydroxylation sites is 2. The van der Waals surface area contributed by atoms with Gasteiger partial charge in [-0.15, -0.1) is 10.2 Å². The van der Waals surface area contributed by atoms with Gasteiger partial charge < -0.3 is 20.6 Å². The van der Waals surface area contributed by atoms with E-state index in [9.17, 15) is 4.79 Å². The Labute approximate surface area is 177 Å². The van der Waals surface area contributed by atoms with Crippen molar-refractivity contribution in [1.82, 2.24) is 14.9 Å². The zero-order valence-corrected chi connectivity index (χ0v) is 17.2. The van der Waals surface area contributed by atoms with Crippen LogP contribution in [-0.4, -0.2) is 47.0 Å². The molecule has 0 saturated carbocycles. The van der Waals surface area contributed by atoms with E-state index < -0.39 is 0 Å². The summed E-state index contributed by atoms with van der Waals surface area (Å²) in [6.45, 7) is 0. The second kappa shape index (κ2) is 10.2. The molecule has 0 aliphatic rings. The van der Waals surface area contributed by atoms with Gasteiger partial charge in [-0.1, -0.05) is 36.0 Å². The quantitative estimate of drug-likeness (QED) is 0.205. The highest BCUT2D eigenvalue weighted by molar-refractivity contribution is 7.99. The van der Waals surface area contributed by atoms with E-state index >= 15 is 0 Å². The summed E-state index contributed by atoms with van der Waals surface area (Å²) in [6, 6.07) is 14.6. The maximum absolute atomic E-state index is 12.2. The lowest BCUT2D eigenvalue weighted by Crippen LogP contribution is -2.17. The van der Waals surface area contributed by atoms with Crippen molar-refractivity contribution in [1.29, 1.82) is 0 Å². The van der Waals surface area contributed by atoms with Gasteiger partial charge in [0.1, 0.15) is 11.5 Å². The molecule has 1 heterocycles. The number of rotatable bonds is 9. The van der Waals surface area contributed by atoms with Crippen molar-refractivity contribution in [3.63, 3.8) is 0 Å². The fraction of sp³-hybridized carbons (Fsp3) is 0.158. The SMILES string of the molecule is COc1cccc(/C=N/Nc2nnc(SCC(=O)Nc3ccccc3OC)n2N)c1. The Balaban J connectivity index is 1.54. The van der Waals surface area contributed by atoms with Gasteiger partial charge in [0.05, 0.1) is 31.9 Å². The molecule has 0 atom stereocenters. The normalized spacial score (nSPS) is 10.7. The molecular formula is C19H21N7O3S. The van der Waals surface area contributed by atoms with Crippen LogP contribution in [0.1, 0.15) is 5.56 Å². The predicted molar refractivity (Wildman–Crippen MR) is 117 cm³/mol. The summed E-state index contributed by atoms with van der Waals surface area (Å²) in [5.41, 5.74) is 4.16. The summed E-state index contributed by atoms with van der Waals surface area (Å²) in [7, 11) is 3.14. The first kappa shape index (κ1) is 21.0. The zero-order valence-electron chi connectivity index (χ0n) is 16.4. The van der Waals surface area contributed by atoms with Crippen LogP contribution < -0.4 is 26.1 Å². The highest BCUT2D eigenvalue weighted by Crippen LogP contribution is 2.24. The summed E-state index contributed by atoms with van der Waals surface area (Å²) in [5, 5.41) is 15.2. The summed E-state index contributed by atoms with van der Waals surface area (Å²) in [6.07, 6.45) is 1.60. The first-order chi connectivity index (χ1) is 14.6. The number of nitrogen functional groups attached to an aromatic ring is 1. The number of ether oxygens (including phenoxy) is 2. The van der Waals surface area contributed by atoms with Gasteiger partial charge in [0.25, 0.3) is 5.95 Å². The fourth-order valence-electron chi connectivity index (χ4n) is 2.40. The number of amides is 1. The maximum atomic E-state index is 12.2. The molecule has 156 valence electrons. The Morgan fingerprint density at radius 3 is 2.83 bits per heavy atom. The van der Waals surface area contributed by atoms with Gasteiger partial charge in [-0.3, -0.25) is 4.79 Å². The third kappa shape index (κ3) is 5.41. The number of carbonyl (C=O) groups excluding carboxylic acids is 1. The van der Waals surface area contributed by atoms with E-state index in [0.29, 0.717) is 16.6 Å². The molecule has 10 nitrogen and oxygen atoms in total. The second-order valence-corrected chi connectivity index (χ2v) is 6.80. The number of hydrogen-bond acceptors (Lipinski definition) is 9. The number of benzene rings is 2. The second-order valence-electron chi connectivity index (χ2n) is 5.86. The third-order valence-electron chi connectivity index (χ3n) is 3.85. The van der Waals surface area contributed by atoms with Gasteiger partial charge in [-0.25, -0.2) is 10.1 Å². The molecule has 1 amide bonds. The molecule has 0 aliphatic carbocycles. The molecule has 11 heteroatoms. The summed E-state index contributed by atoms with van der Waals surface area (Å²) in [5.74, 6) is 7.40. The molecule has 0 fully saturated rings. The van der Waals surface area contributed by atoms with Crippen LogP contribution in [0.3, 0.4) is 0 Å². The lowest BCUT2D eigenvalue weighted by atomic mass is 10.2. The van der Waals surface area contributed by atoms with Crippen LogP contribution in [0.4, 0.5) is 11.6 Å². The Kier molecular flexibility index (Phi) is 7.11. The minimum atomic E-state index is -0.224. The van der Waals surface area contributed by atoms with Gasteiger partial charge in [-0.2, -0.15) is 5.10 Å². The van der Waals surface area contributed by atoms with E-state index in [1.165, 1.54) is 4.68 Å². The number of methoxy groups -OCH3 is 2.